The largest absolute Gasteiger partial charge is 0.381 e. The van der Waals surface area contributed by atoms with E-state index in [9.17, 15) is 0 Å². The van der Waals surface area contributed by atoms with Crippen LogP contribution in [0.3, 0.4) is 0 Å². The monoisotopic (exact) mass is 239 g/mol. The number of piperidine rings is 1. The summed E-state index contributed by atoms with van der Waals surface area (Å²) < 4.78 is 5.40. The van der Waals surface area contributed by atoms with Gasteiger partial charge in [-0.3, -0.25) is 0 Å². The summed E-state index contributed by atoms with van der Waals surface area (Å²) in [5.74, 6) is 0.960. The fourth-order valence-corrected chi connectivity index (χ4v) is 3.33. The second-order valence-electron chi connectivity index (χ2n) is 6.04. The molecule has 2 saturated heterocycles. The predicted octanol–water partition coefficient (Wildman–Crippen LogP) is 3.50. The van der Waals surface area contributed by atoms with E-state index in [0.717, 1.165) is 31.2 Å². The van der Waals surface area contributed by atoms with Crippen LogP contribution in [0.1, 0.15) is 64.7 Å². The molecule has 2 heterocycles. The van der Waals surface area contributed by atoms with Crippen molar-refractivity contribution in [1.29, 1.82) is 0 Å². The van der Waals surface area contributed by atoms with E-state index in [1.54, 1.807) is 0 Å². The molecular weight excluding hydrogens is 210 g/mol. The summed E-state index contributed by atoms with van der Waals surface area (Å²) in [5.41, 5.74) is 0. The van der Waals surface area contributed by atoms with Gasteiger partial charge in [-0.25, -0.2) is 0 Å². The lowest BCUT2D eigenvalue weighted by Crippen LogP contribution is -2.40. The van der Waals surface area contributed by atoms with Crippen LogP contribution in [0.15, 0.2) is 0 Å². The highest BCUT2D eigenvalue weighted by Gasteiger charge is 2.17. The summed E-state index contributed by atoms with van der Waals surface area (Å²) in [4.78, 5) is 0. The second kappa shape index (κ2) is 7.38. The molecule has 1 N–H and O–H groups in total. The number of unbranched alkanes of at least 4 members (excludes halogenated alkanes) is 1. The minimum Gasteiger partial charge on any atom is -0.381 e. The standard InChI is InChI=1S/C15H29NO/c1-13-5-4-8-15(16-13)7-3-2-6-14-9-11-17-12-10-14/h13-16H,2-12H2,1H3. The third-order valence-corrected chi connectivity index (χ3v) is 4.47. The number of hydrogen-bond acceptors (Lipinski definition) is 2. The summed E-state index contributed by atoms with van der Waals surface area (Å²) >= 11 is 0. The molecule has 0 saturated carbocycles. The van der Waals surface area contributed by atoms with Crippen molar-refractivity contribution >= 4 is 0 Å². The van der Waals surface area contributed by atoms with Crippen molar-refractivity contribution in [2.24, 2.45) is 5.92 Å². The molecule has 2 rings (SSSR count). The average molecular weight is 239 g/mol. The lowest BCUT2D eigenvalue weighted by molar-refractivity contribution is 0.0630. The zero-order chi connectivity index (χ0) is 11.9. The van der Waals surface area contributed by atoms with Crippen molar-refractivity contribution in [2.45, 2.75) is 76.8 Å². The van der Waals surface area contributed by atoms with E-state index in [2.05, 4.69) is 12.2 Å². The lowest BCUT2D eigenvalue weighted by atomic mass is 9.91. The summed E-state index contributed by atoms with van der Waals surface area (Å²) in [6, 6.07) is 1.57. The molecule has 0 spiro atoms. The molecule has 0 radical (unpaired) electrons. The van der Waals surface area contributed by atoms with Gasteiger partial charge in [0.15, 0.2) is 0 Å². The van der Waals surface area contributed by atoms with E-state index in [4.69, 9.17) is 4.74 Å². The first-order valence-electron chi connectivity index (χ1n) is 7.68. The fourth-order valence-electron chi connectivity index (χ4n) is 3.33. The van der Waals surface area contributed by atoms with Crippen molar-refractivity contribution < 1.29 is 4.74 Å². The number of ether oxygens (including phenoxy) is 1. The minimum atomic E-state index is 0.754. The highest BCUT2D eigenvalue weighted by molar-refractivity contribution is 4.77. The smallest absolute Gasteiger partial charge is 0.0468 e. The van der Waals surface area contributed by atoms with Crippen molar-refractivity contribution in [3.05, 3.63) is 0 Å². The van der Waals surface area contributed by atoms with Crippen molar-refractivity contribution in [2.75, 3.05) is 13.2 Å². The van der Waals surface area contributed by atoms with Crippen molar-refractivity contribution in [3.8, 4) is 0 Å². The predicted molar refractivity (Wildman–Crippen MR) is 72.2 cm³/mol. The molecule has 2 heteroatoms. The van der Waals surface area contributed by atoms with Gasteiger partial charge in [0.1, 0.15) is 0 Å². The molecule has 2 nitrogen and oxygen atoms in total. The third kappa shape index (κ3) is 4.97. The number of rotatable bonds is 5. The Morgan fingerprint density at radius 2 is 1.76 bits per heavy atom. The summed E-state index contributed by atoms with van der Waals surface area (Å²) in [6.07, 6.45) is 12.5. The van der Waals surface area contributed by atoms with Gasteiger partial charge in [-0.15, -0.1) is 0 Å². The van der Waals surface area contributed by atoms with Gasteiger partial charge in [0.2, 0.25) is 0 Å². The topological polar surface area (TPSA) is 21.3 Å². The van der Waals surface area contributed by atoms with Gasteiger partial charge < -0.3 is 10.1 Å². The molecule has 2 fully saturated rings. The van der Waals surface area contributed by atoms with E-state index >= 15 is 0 Å². The van der Waals surface area contributed by atoms with Gasteiger partial charge in [0, 0.05) is 25.3 Å². The maximum atomic E-state index is 5.40. The maximum absolute atomic E-state index is 5.40. The van der Waals surface area contributed by atoms with Gasteiger partial charge in [0.05, 0.1) is 0 Å². The Bertz CT molecular complexity index is 201. The van der Waals surface area contributed by atoms with Crippen LogP contribution in [0.2, 0.25) is 0 Å². The highest BCUT2D eigenvalue weighted by atomic mass is 16.5. The SMILES string of the molecule is CC1CCCC(CCCCC2CCOCC2)N1. The Morgan fingerprint density at radius 3 is 2.53 bits per heavy atom. The normalized spacial score (nSPS) is 31.6. The lowest BCUT2D eigenvalue weighted by Gasteiger charge is -2.29. The Morgan fingerprint density at radius 1 is 1.00 bits per heavy atom. The maximum Gasteiger partial charge on any atom is 0.0468 e. The van der Waals surface area contributed by atoms with Crippen LogP contribution < -0.4 is 5.32 Å². The Hall–Kier alpha value is -0.0800. The summed E-state index contributed by atoms with van der Waals surface area (Å²) in [5, 5.41) is 3.73. The van der Waals surface area contributed by atoms with E-state index in [1.165, 1.54) is 57.8 Å². The van der Waals surface area contributed by atoms with Crippen LogP contribution in [-0.2, 0) is 4.74 Å². The highest BCUT2D eigenvalue weighted by Crippen LogP contribution is 2.22. The zero-order valence-corrected chi connectivity index (χ0v) is 11.4. The Labute approximate surface area is 107 Å². The molecular formula is C15H29NO. The van der Waals surface area contributed by atoms with Crippen LogP contribution in [-0.4, -0.2) is 25.3 Å². The summed E-state index contributed by atoms with van der Waals surface area (Å²) in [7, 11) is 0. The molecule has 0 aromatic rings. The van der Waals surface area contributed by atoms with E-state index in [-0.39, 0.29) is 0 Å². The number of hydrogen-bond donors (Lipinski definition) is 1. The van der Waals surface area contributed by atoms with Gasteiger partial charge in [-0.05, 0) is 44.9 Å². The molecule has 2 unspecified atom stereocenters. The first-order valence-corrected chi connectivity index (χ1v) is 7.68. The van der Waals surface area contributed by atoms with Crippen molar-refractivity contribution in [1.82, 2.24) is 5.32 Å². The van der Waals surface area contributed by atoms with Crippen LogP contribution in [0.5, 0.6) is 0 Å². The van der Waals surface area contributed by atoms with Gasteiger partial charge in [0.25, 0.3) is 0 Å². The van der Waals surface area contributed by atoms with E-state index in [0.29, 0.717) is 0 Å². The Balaban J connectivity index is 1.50. The van der Waals surface area contributed by atoms with Crippen LogP contribution in [0.25, 0.3) is 0 Å². The molecule has 0 bridgehead atoms. The molecule has 100 valence electrons. The quantitative estimate of drug-likeness (QED) is 0.741. The van der Waals surface area contributed by atoms with Crippen LogP contribution >= 0.6 is 0 Å². The molecule has 0 aromatic heterocycles. The zero-order valence-electron chi connectivity index (χ0n) is 11.4. The molecule has 0 amide bonds. The minimum absolute atomic E-state index is 0.754. The van der Waals surface area contributed by atoms with Gasteiger partial charge in [-0.2, -0.15) is 0 Å². The third-order valence-electron chi connectivity index (χ3n) is 4.47. The molecule has 0 aromatic carbocycles. The molecule has 2 aliphatic rings. The first-order chi connectivity index (χ1) is 8.34. The molecule has 0 aliphatic carbocycles. The van der Waals surface area contributed by atoms with Gasteiger partial charge >= 0.3 is 0 Å². The second-order valence-corrected chi connectivity index (χ2v) is 6.04. The summed E-state index contributed by atoms with van der Waals surface area (Å²) in [6.45, 7) is 4.34. The molecule has 2 aliphatic heterocycles. The van der Waals surface area contributed by atoms with E-state index in [1.807, 2.05) is 0 Å². The average Bonchev–Trinajstić information content (AvgIpc) is 2.36. The van der Waals surface area contributed by atoms with Crippen LogP contribution in [0, 0.1) is 5.92 Å². The Kier molecular flexibility index (Phi) is 5.79. The molecule has 2 atom stereocenters. The fraction of sp³-hybridized carbons (Fsp3) is 1.00. The molecule has 17 heavy (non-hydrogen) atoms. The van der Waals surface area contributed by atoms with E-state index < -0.39 is 0 Å². The number of nitrogens with one attached hydrogen (secondary N) is 1. The first kappa shape index (κ1) is 13.4. The van der Waals surface area contributed by atoms with Crippen LogP contribution in [0.4, 0.5) is 0 Å². The van der Waals surface area contributed by atoms with Crippen molar-refractivity contribution in [3.63, 3.8) is 0 Å². The van der Waals surface area contributed by atoms with Gasteiger partial charge in [-0.1, -0.05) is 25.7 Å².